The molecule has 25 heavy (non-hydrogen) atoms. The van der Waals surface area contributed by atoms with Crippen molar-refractivity contribution < 1.29 is 14.3 Å². The van der Waals surface area contributed by atoms with Crippen molar-refractivity contribution in [2.75, 3.05) is 20.2 Å². The van der Waals surface area contributed by atoms with Crippen molar-refractivity contribution in [2.24, 2.45) is 5.92 Å². The van der Waals surface area contributed by atoms with E-state index >= 15 is 0 Å². The van der Waals surface area contributed by atoms with E-state index < -0.39 is 0 Å². The predicted molar refractivity (Wildman–Crippen MR) is 94.4 cm³/mol. The van der Waals surface area contributed by atoms with Crippen LogP contribution in [0.25, 0.3) is 10.9 Å². The Morgan fingerprint density at radius 3 is 2.68 bits per heavy atom. The zero-order valence-electron chi connectivity index (χ0n) is 14.5. The number of piperidine rings is 1. The van der Waals surface area contributed by atoms with Gasteiger partial charge in [-0.25, -0.2) is 0 Å². The minimum atomic E-state index is -0.164. The molecule has 1 amide bonds. The highest BCUT2D eigenvalue weighted by atomic mass is 16.5. The summed E-state index contributed by atoms with van der Waals surface area (Å²) in [4.78, 5) is 31.7. The number of methoxy groups -OCH3 is 1. The number of carbonyl (C=O) groups is 2. The molecule has 2 aromatic rings. The molecule has 1 fully saturated rings. The Kier molecular flexibility index (Phi) is 4.15. The largest absolute Gasteiger partial charge is 0.469 e. The fourth-order valence-electron chi connectivity index (χ4n) is 4.10. The molecule has 0 saturated carbocycles. The highest BCUT2D eigenvalue weighted by Gasteiger charge is 2.31. The van der Waals surface area contributed by atoms with E-state index in [0.29, 0.717) is 25.9 Å². The lowest BCUT2D eigenvalue weighted by Crippen LogP contribution is -2.41. The van der Waals surface area contributed by atoms with Crippen LogP contribution >= 0.6 is 0 Å². The number of fused-ring (bicyclic) bond motifs is 2. The number of aryl methyl sites for hydroxylation is 1. The molecule has 1 saturated heterocycles. The second-order valence-corrected chi connectivity index (χ2v) is 6.87. The van der Waals surface area contributed by atoms with Gasteiger partial charge in [-0.2, -0.15) is 0 Å². The molecule has 5 heteroatoms. The van der Waals surface area contributed by atoms with Gasteiger partial charge in [-0.15, -0.1) is 0 Å². The molecule has 1 aromatic heterocycles. The molecule has 0 atom stereocenters. The summed E-state index contributed by atoms with van der Waals surface area (Å²) < 4.78 is 4.84. The van der Waals surface area contributed by atoms with E-state index in [0.717, 1.165) is 47.0 Å². The van der Waals surface area contributed by atoms with Crippen molar-refractivity contribution in [1.29, 1.82) is 0 Å². The number of rotatable bonds is 2. The maximum Gasteiger partial charge on any atom is 0.308 e. The van der Waals surface area contributed by atoms with Gasteiger partial charge in [0.1, 0.15) is 0 Å². The molecule has 0 radical (unpaired) electrons. The van der Waals surface area contributed by atoms with Crippen LogP contribution in [0.4, 0.5) is 0 Å². The molecular formula is C20H22N2O3. The van der Waals surface area contributed by atoms with Crippen LogP contribution in [0.5, 0.6) is 0 Å². The van der Waals surface area contributed by atoms with Gasteiger partial charge in [-0.3, -0.25) is 14.6 Å². The molecule has 0 spiro atoms. The molecule has 1 aliphatic carbocycles. The number of hydrogen-bond donors (Lipinski definition) is 0. The van der Waals surface area contributed by atoms with Gasteiger partial charge in [0.05, 0.1) is 24.1 Å². The summed E-state index contributed by atoms with van der Waals surface area (Å²) in [5.74, 6) is -0.170. The summed E-state index contributed by atoms with van der Waals surface area (Å²) in [7, 11) is 1.42. The van der Waals surface area contributed by atoms with E-state index in [1.165, 1.54) is 7.11 Å². The molecule has 130 valence electrons. The predicted octanol–water partition coefficient (Wildman–Crippen LogP) is 2.75. The van der Waals surface area contributed by atoms with Crippen LogP contribution in [0.15, 0.2) is 24.3 Å². The Bertz CT molecular complexity index is 838. The first-order valence-corrected chi connectivity index (χ1v) is 8.96. The second-order valence-electron chi connectivity index (χ2n) is 6.87. The molecule has 0 unspecified atom stereocenters. The lowest BCUT2D eigenvalue weighted by atomic mass is 9.95. The maximum atomic E-state index is 13.3. The zero-order chi connectivity index (χ0) is 17.4. The van der Waals surface area contributed by atoms with E-state index in [-0.39, 0.29) is 17.8 Å². The number of likely N-dealkylation sites (tertiary alicyclic amines) is 1. The zero-order valence-corrected chi connectivity index (χ0v) is 14.5. The minimum Gasteiger partial charge on any atom is -0.469 e. The van der Waals surface area contributed by atoms with Crippen LogP contribution in [0.2, 0.25) is 0 Å². The quantitative estimate of drug-likeness (QED) is 0.790. The topological polar surface area (TPSA) is 59.5 Å². The number of para-hydroxylation sites is 1. The van der Waals surface area contributed by atoms with Crippen LogP contribution in [0.1, 0.15) is 40.9 Å². The third-order valence-electron chi connectivity index (χ3n) is 5.45. The summed E-state index contributed by atoms with van der Waals surface area (Å²) in [5, 5.41) is 0.947. The number of pyridine rings is 1. The lowest BCUT2D eigenvalue weighted by molar-refractivity contribution is -0.146. The van der Waals surface area contributed by atoms with Gasteiger partial charge in [-0.1, -0.05) is 18.2 Å². The molecule has 2 aliphatic rings. The van der Waals surface area contributed by atoms with Gasteiger partial charge in [0, 0.05) is 24.2 Å². The monoisotopic (exact) mass is 338 g/mol. The molecule has 0 bridgehead atoms. The van der Waals surface area contributed by atoms with Gasteiger partial charge in [-0.05, 0) is 43.7 Å². The molecule has 5 nitrogen and oxygen atoms in total. The first-order valence-electron chi connectivity index (χ1n) is 8.96. The fraction of sp³-hybridized carbons (Fsp3) is 0.450. The number of hydrogen-bond acceptors (Lipinski definition) is 4. The number of ether oxygens (including phenoxy) is 1. The first-order chi connectivity index (χ1) is 12.2. The number of esters is 1. The standard InChI is InChI=1S/C20H22N2O3/c1-25-20(24)13-9-11-22(12-10-13)19(23)18-14-5-2-3-7-16(14)21-17-8-4-6-15(17)18/h2-3,5,7,13H,4,6,8-12H2,1H3. The number of amides is 1. The Labute approximate surface area is 147 Å². The van der Waals surface area contributed by atoms with Crippen molar-refractivity contribution in [3.8, 4) is 0 Å². The molecule has 1 aromatic carbocycles. The first kappa shape index (κ1) is 16.1. The Morgan fingerprint density at radius 2 is 1.92 bits per heavy atom. The summed E-state index contributed by atoms with van der Waals surface area (Å²) in [5.41, 5.74) is 3.93. The Balaban J connectivity index is 1.66. The van der Waals surface area contributed by atoms with Crippen molar-refractivity contribution in [3.05, 3.63) is 41.1 Å². The van der Waals surface area contributed by atoms with E-state index in [2.05, 4.69) is 0 Å². The van der Waals surface area contributed by atoms with Crippen LogP contribution in [0, 0.1) is 5.92 Å². The molecular weight excluding hydrogens is 316 g/mol. The van der Waals surface area contributed by atoms with E-state index in [9.17, 15) is 9.59 Å². The average Bonchev–Trinajstić information content (AvgIpc) is 3.13. The lowest BCUT2D eigenvalue weighted by Gasteiger charge is -2.31. The van der Waals surface area contributed by atoms with Gasteiger partial charge in [0.25, 0.3) is 5.91 Å². The Hall–Kier alpha value is -2.43. The van der Waals surface area contributed by atoms with Crippen molar-refractivity contribution in [2.45, 2.75) is 32.1 Å². The summed E-state index contributed by atoms with van der Waals surface area (Å²) >= 11 is 0. The van der Waals surface area contributed by atoms with Gasteiger partial charge in [0.2, 0.25) is 0 Å². The second kappa shape index (κ2) is 6.47. The number of aromatic nitrogens is 1. The highest BCUT2D eigenvalue weighted by molar-refractivity contribution is 6.07. The molecule has 2 heterocycles. The third kappa shape index (κ3) is 2.77. The van der Waals surface area contributed by atoms with Gasteiger partial charge < -0.3 is 9.64 Å². The van der Waals surface area contributed by atoms with Crippen LogP contribution in [-0.4, -0.2) is 42.0 Å². The Morgan fingerprint density at radius 1 is 1.16 bits per heavy atom. The maximum absolute atomic E-state index is 13.3. The molecule has 1 aliphatic heterocycles. The van der Waals surface area contributed by atoms with E-state index in [1.54, 1.807) is 0 Å². The van der Waals surface area contributed by atoms with Gasteiger partial charge in [0.15, 0.2) is 0 Å². The number of nitrogens with zero attached hydrogens (tertiary/aromatic N) is 2. The normalized spacial score (nSPS) is 17.6. The van der Waals surface area contributed by atoms with Crippen molar-refractivity contribution in [3.63, 3.8) is 0 Å². The third-order valence-corrected chi connectivity index (χ3v) is 5.45. The van der Waals surface area contributed by atoms with E-state index in [1.807, 2.05) is 29.2 Å². The summed E-state index contributed by atoms with van der Waals surface area (Å²) in [6, 6.07) is 7.90. The molecule has 4 rings (SSSR count). The molecule has 0 N–H and O–H groups in total. The number of carbonyl (C=O) groups excluding carboxylic acids is 2. The number of benzene rings is 1. The smallest absolute Gasteiger partial charge is 0.308 e. The fourth-order valence-corrected chi connectivity index (χ4v) is 4.10. The van der Waals surface area contributed by atoms with Gasteiger partial charge >= 0.3 is 5.97 Å². The van der Waals surface area contributed by atoms with Crippen LogP contribution in [-0.2, 0) is 22.4 Å². The average molecular weight is 338 g/mol. The van der Waals surface area contributed by atoms with Crippen molar-refractivity contribution in [1.82, 2.24) is 9.88 Å². The van der Waals surface area contributed by atoms with Crippen LogP contribution < -0.4 is 0 Å². The SMILES string of the molecule is COC(=O)C1CCN(C(=O)c2c3c(nc4ccccc24)CCC3)CC1. The minimum absolute atomic E-state index is 0.0834. The van der Waals surface area contributed by atoms with Crippen LogP contribution in [0.3, 0.4) is 0 Å². The summed E-state index contributed by atoms with van der Waals surface area (Å²) in [6.45, 7) is 1.20. The highest BCUT2D eigenvalue weighted by Crippen LogP contribution is 2.32. The van der Waals surface area contributed by atoms with Crippen molar-refractivity contribution >= 4 is 22.8 Å². The summed E-state index contributed by atoms with van der Waals surface area (Å²) in [6.07, 6.45) is 4.27. The van der Waals surface area contributed by atoms with E-state index in [4.69, 9.17) is 9.72 Å².